The first-order valence-corrected chi connectivity index (χ1v) is 7.89. The van der Waals surface area contributed by atoms with E-state index in [1.165, 1.54) is 11.1 Å². The number of hydrogen-bond donors (Lipinski definition) is 3. The number of nitrogens with one attached hydrogen (secondary N) is 1. The predicted octanol–water partition coefficient (Wildman–Crippen LogP) is 3.35. The number of rotatable bonds is 4. The number of carbonyl (C=O) groups excluding carboxylic acids is 1. The van der Waals surface area contributed by atoms with Gasteiger partial charge in [-0.1, -0.05) is 36.4 Å². The van der Waals surface area contributed by atoms with Gasteiger partial charge in [0.2, 0.25) is 0 Å². The second-order valence-corrected chi connectivity index (χ2v) is 5.80. The van der Waals surface area contributed by atoms with E-state index < -0.39 is 12.0 Å². The van der Waals surface area contributed by atoms with E-state index in [1.54, 1.807) is 30.6 Å². The summed E-state index contributed by atoms with van der Waals surface area (Å²) in [5.41, 5.74) is 4.47. The number of carbonyl (C=O) groups is 2. The van der Waals surface area contributed by atoms with Gasteiger partial charge in [0.25, 0.3) is 5.91 Å². The number of carboxylic acid groups (broad SMARTS) is 1. The number of amides is 2. The van der Waals surface area contributed by atoms with Gasteiger partial charge in [0.1, 0.15) is 0 Å². The molecule has 7 heteroatoms. The fourth-order valence-electron chi connectivity index (χ4n) is 2.84. The van der Waals surface area contributed by atoms with Crippen LogP contribution in [0.5, 0.6) is 0 Å². The van der Waals surface area contributed by atoms with Gasteiger partial charge in [-0.15, -0.1) is 0 Å². The Hall–Kier alpha value is -3.45. The molecule has 7 nitrogen and oxygen atoms in total. The summed E-state index contributed by atoms with van der Waals surface area (Å²) in [7, 11) is 0. The molecular weight excluding hydrogens is 334 g/mol. The number of hydroxylamine groups is 1. The molecule has 0 fully saturated rings. The molecule has 0 saturated carbocycles. The minimum absolute atomic E-state index is 0.214. The highest BCUT2D eigenvalue weighted by Gasteiger charge is 2.19. The number of aryl methyl sites for hydroxylation is 1. The van der Waals surface area contributed by atoms with E-state index in [0.29, 0.717) is 22.2 Å². The Kier molecular flexibility index (Phi) is 4.81. The highest BCUT2D eigenvalue weighted by molar-refractivity contribution is 5.99. The number of nitrogens with zero attached hydrogens (tertiary/aromatic N) is 2. The highest BCUT2D eigenvalue weighted by Crippen LogP contribution is 2.28. The summed E-state index contributed by atoms with van der Waals surface area (Å²) in [5, 5.41) is 19.1. The molecule has 0 spiro atoms. The van der Waals surface area contributed by atoms with Crippen LogP contribution in [-0.4, -0.2) is 27.3 Å². The van der Waals surface area contributed by atoms with Crippen molar-refractivity contribution in [3.05, 3.63) is 71.4 Å². The third-order valence-electron chi connectivity index (χ3n) is 4.15. The molecule has 0 saturated heterocycles. The van der Waals surface area contributed by atoms with Crippen molar-refractivity contribution in [1.82, 2.24) is 10.5 Å². The summed E-state index contributed by atoms with van der Waals surface area (Å²) < 4.78 is 0. The fourth-order valence-corrected chi connectivity index (χ4v) is 2.84. The van der Waals surface area contributed by atoms with E-state index in [4.69, 9.17) is 5.21 Å². The van der Waals surface area contributed by atoms with Crippen molar-refractivity contribution < 1.29 is 19.9 Å². The van der Waals surface area contributed by atoms with Crippen LogP contribution in [0.3, 0.4) is 0 Å². The first-order valence-electron chi connectivity index (χ1n) is 7.89. The second kappa shape index (κ2) is 7.20. The van der Waals surface area contributed by atoms with Crippen molar-refractivity contribution >= 4 is 28.6 Å². The van der Waals surface area contributed by atoms with Crippen LogP contribution in [-0.2, 0) is 6.54 Å². The van der Waals surface area contributed by atoms with E-state index in [0.717, 1.165) is 5.56 Å². The molecule has 1 aromatic heterocycles. The number of fused-ring (bicyclic) bond motifs is 1. The molecule has 26 heavy (non-hydrogen) atoms. The summed E-state index contributed by atoms with van der Waals surface area (Å²) in [4.78, 5) is 28.9. The standard InChI is InChI=1S/C19H17N3O4/c1-12-16(22(19(24)25)11-13-5-3-2-4-6-13)8-7-14-9-15(18(23)21-26)10-20-17(12)14/h2-10,26H,11H2,1H3,(H,21,23)(H,24,25). The quantitative estimate of drug-likeness (QED) is 0.494. The van der Waals surface area contributed by atoms with Crippen molar-refractivity contribution in [2.75, 3.05) is 4.90 Å². The Bertz CT molecular complexity index is 973. The molecule has 3 aromatic rings. The maximum atomic E-state index is 11.8. The van der Waals surface area contributed by atoms with E-state index in [2.05, 4.69) is 4.98 Å². The number of anilines is 1. The van der Waals surface area contributed by atoms with Crippen molar-refractivity contribution in [2.24, 2.45) is 0 Å². The smallest absolute Gasteiger partial charge is 0.412 e. The van der Waals surface area contributed by atoms with Gasteiger partial charge in [0.05, 0.1) is 23.3 Å². The topological polar surface area (TPSA) is 103 Å². The van der Waals surface area contributed by atoms with Gasteiger partial charge in [-0.25, -0.2) is 10.3 Å². The molecule has 2 aromatic carbocycles. The van der Waals surface area contributed by atoms with Gasteiger partial charge in [0.15, 0.2) is 0 Å². The third kappa shape index (κ3) is 3.33. The summed E-state index contributed by atoms with van der Waals surface area (Å²) in [5.74, 6) is -0.655. The summed E-state index contributed by atoms with van der Waals surface area (Å²) >= 11 is 0. The number of benzene rings is 2. The minimum atomic E-state index is -1.06. The molecule has 0 atom stereocenters. The molecular formula is C19H17N3O4. The Labute approximate surface area is 149 Å². The lowest BCUT2D eigenvalue weighted by molar-refractivity contribution is 0.0706. The van der Waals surface area contributed by atoms with Crippen LogP contribution >= 0.6 is 0 Å². The van der Waals surface area contributed by atoms with Crippen LogP contribution in [0, 0.1) is 6.92 Å². The highest BCUT2D eigenvalue weighted by atomic mass is 16.5. The SMILES string of the molecule is Cc1c(N(Cc2ccccc2)C(=O)O)ccc2cc(C(=O)NO)cnc12. The zero-order chi connectivity index (χ0) is 18.7. The van der Waals surface area contributed by atoms with Gasteiger partial charge in [0, 0.05) is 11.6 Å². The lowest BCUT2D eigenvalue weighted by atomic mass is 10.1. The van der Waals surface area contributed by atoms with E-state index >= 15 is 0 Å². The van der Waals surface area contributed by atoms with Gasteiger partial charge in [-0.2, -0.15) is 0 Å². The maximum absolute atomic E-state index is 11.8. The van der Waals surface area contributed by atoms with Crippen LogP contribution in [0.15, 0.2) is 54.7 Å². The van der Waals surface area contributed by atoms with Gasteiger partial charge >= 0.3 is 6.09 Å². The molecule has 0 bridgehead atoms. The Morgan fingerprint density at radius 3 is 2.54 bits per heavy atom. The zero-order valence-electron chi connectivity index (χ0n) is 14.0. The summed E-state index contributed by atoms with van der Waals surface area (Å²) in [6.45, 7) is 2.00. The lowest BCUT2D eigenvalue weighted by Crippen LogP contribution is -2.29. The number of pyridine rings is 1. The molecule has 3 rings (SSSR count). The molecule has 0 unspecified atom stereocenters. The predicted molar refractivity (Wildman–Crippen MR) is 96.4 cm³/mol. The first kappa shape index (κ1) is 17.4. The van der Waals surface area contributed by atoms with Crippen LogP contribution in [0.25, 0.3) is 10.9 Å². The van der Waals surface area contributed by atoms with Crippen LogP contribution < -0.4 is 10.4 Å². The Morgan fingerprint density at radius 1 is 1.15 bits per heavy atom. The van der Waals surface area contributed by atoms with Gasteiger partial charge < -0.3 is 5.11 Å². The fraction of sp³-hybridized carbons (Fsp3) is 0.105. The molecule has 0 aliphatic heterocycles. The molecule has 1 heterocycles. The molecule has 0 aliphatic rings. The second-order valence-electron chi connectivity index (χ2n) is 5.80. The van der Waals surface area contributed by atoms with Crippen molar-refractivity contribution in [1.29, 1.82) is 0 Å². The number of aromatic nitrogens is 1. The largest absolute Gasteiger partial charge is 0.465 e. The summed E-state index contributed by atoms with van der Waals surface area (Å²) in [6.07, 6.45) is 0.278. The molecule has 0 aliphatic carbocycles. The first-order chi connectivity index (χ1) is 12.5. The third-order valence-corrected chi connectivity index (χ3v) is 4.15. The molecule has 3 N–H and O–H groups in total. The lowest BCUT2D eigenvalue weighted by Gasteiger charge is -2.22. The maximum Gasteiger partial charge on any atom is 0.412 e. The Morgan fingerprint density at radius 2 is 1.88 bits per heavy atom. The van der Waals surface area contributed by atoms with E-state index in [-0.39, 0.29) is 12.1 Å². The average molecular weight is 351 g/mol. The summed E-state index contributed by atoms with van der Waals surface area (Å²) in [6, 6.07) is 14.3. The van der Waals surface area contributed by atoms with Gasteiger partial charge in [-0.05, 0) is 30.2 Å². The molecule has 132 valence electrons. The Balaban J connectivity index is 2.04. The number of hydrogen-bond acceptors (Lipinski definition) is 4. The van der Waals surface area contributed by atoms with Crippen molar-refractivity contribution in [3.63, 3.8) is 0 Å². The van der Waals surface area contributed by atoms with E-state index in [9.17, 15) is 14.7 Å². The van der Waals surface area contributed by atoms with Crippen molar-refractivity contribution in [3.8, 4) is 0 Å². The minimum Gasteiger partial charge on any atom is -0.465 e. The van der Waals surface area contributed by atoms with Crippen LogP contribution in [0.1, 0.15) is 21.5 Å². The normalized spacial score (nSPS) is 10.5. The van der Waals surface area contributed by atoms with Crippen LogP contribution in [0.4, 0.5) is 10.5 Å². The van der Waals surface area contributed by atoms with E-state index in [1.807, 2.05) is 30.3 Å². The van der Waals surface area contributed by atoms with Crippen molar-refractivity contribution in [2.45, 2.75) is 13.5 Å². The zero-order valence-corrected chi connectivity index (χ0v) is 14.0. The molecule has 0 radical (unpaired) electrons. The molecule has 2 amide bonds. The van der Waals surface area contributed by atoms with Crippen LogP contribution in [0.2, 0.25) is 0 Å². The average Bonchev–Trinajstić information content (AvgIpc) is 2.66. The van der Waals surface area contributed by atoms with Gasteiger partial charge in [-0.3, -0.25) is 19.9 Å². The monoisotopic (exact) mass is 351 g/mol.